The molecule has 0 bridgehead atoms. The second-order valence-corrected chi connectivity index (χ2v) is 4.85. The molecule has 0 aromatic rings. The van der Waals surface area contributed by atoms with E-state index in [-0.39, 0.29) is 0 Å². The van der Waals surface area contributed by atoms with Crippen LogP contribution < -0.4 is 5.32 Å². The van der Waals surface area contributed by atoms with Crippen LogP contribution in [0.3, 0.4) is 0 Å². The van der Waals surface area contributed by atoms with E-state index in [2.05, 4.69) is 30.1 Å². The maximum Gasteiger partial charge on any atom is 0.0638 e. The minimum absolute atomic E-state index is 0.402. The normalized spacial score (nSPS) is 22.2. The van der Waals surface area contributed by atoms with Crippen molar-refractivity contribution >= 4 is 0 Å². The molecule has 1 fully saturated rings. The zero-order chi connectivity index (χ0) is 11.8. The van der Waals surface area contributed by atoms with Crippen LogP contribution in [0.4, 0.5) is 0 Å². The molecule has 2 unspecified atom stereocenters. The summed E-state index contributed by atoms with van der Waals surface area (Å²) < 4.78 is 0. The third-order valence-corrected chi connectivity index (χ3v) is 3.43. The van der Waals surface area contributed by atoms with Crippen LogP contribution in [-0.2, 0) is 0 Å². The van der Waals surface area contributed by atoms with Crippen molar-refractivity contribution in [3.05, 3.63) is 0 Å². The predicted molar refractivity (Wildman–Crippen MR) is 67.2 cm³/mol. The Kier molecular flexibility index (Phi) is 6.44. The lowest BCUT2D eigenvalue weighted by Crippen LogP contribution is -2.42. The van der Waals surface area contributed by atoms with Crippen LogP contribution in [0.15, 0.2) is 0 Å². The van der Waals surface area contributed by atoms with Crippen molar-refractivity contribution in [3.8, 4) is 6.07 Å². The van der Waals surface area contributed by atoms with Crippen LogP contribution in [0.1, 0.15) is 46.0 Å². The fourth-order valence-electron chi connectivity index (χ4n) is 2.31. The summed E-state index contributed by atoms with van der Waals surface area (Å²) >= 11 is 0. The fourth-order valence-corrected chi connectivity index (χ4v) is 2.31. The lowest BCUT2D eigenvalue weighted by Gasteiger charge is -2.30. The zero-order valence-corrected chi connectivity index (χ0v) is 10.7. The quantitative estimate of drug-likeness (QED) is 0.719. The average molecular weight is 223 g/mol. The summed E-state index contributed by atoms with van der Waals surface area (Å²) in [7, 11) is 0. The van der Waals surface area contributed by atoms with Crippen LogP contribution >= 0.6 is 0 Å². The molecule has 0 aromatic carbocycles. The molecule has 1 rings (SSSR count). The van der Waals surface area contributed by atoms with Gasteiger partial charge in [0.2, 0.25) is 0 Å². The molecule has 1 heterocycles. The van der Waals surface area contributed by atoms with Crippen molar-refractivity contribution in [2.75, 3.05) is 19.6 Å². The van der Waals surface area contributed by atoms with E-state index in [1.807, 2.05) is 0 Å². The summed E-state index contributed by atoms with van der Waals surface area (Å²) in [5.74, 6) is 0. The molecular formula is C13H25N3. The van der Waals surface area contributed by atoms with Gasteiger partial charge in [0.05, 0.1) is 12.5 Å². The van der Waals surface area contributed by atoms with E-state index >= 15 is 0 Å². The number of unbranched alkanes of at least 4 members (excludes halogenated alkanes) is 1. The maximum atomic E-state index is 8.78. The maximum absolute atomic E-state index is 8.78. The highest BCUT2D eigenvalue weighted by Gasteiger charge is 2.20. The number of hydrogen-bond donors (Lipinski definition) is 1. The molecule has 16 heavy (non-hydrogen) atoms. The predicted octanol–water partition coefficient (Wildman–Crippen LogP) is 2.14. The summed E-state index contributed by atoms with van der Waals surface area (Å²) in [5, 5.41) is 12.3. The SMILES string of the molecule is CCCCN(CC1CCCN1)C(C)CC#N. The van der Waals surface area contributed by atoms with Gasteiger partial charge in [-0.3, -0.25) is 4.90 Å². The van der Waals surface area contributed by atoms with E-state index in [0.29, 0.717) is 18.5 Å². The first-order valence-corrected chi connectivity index (χ1v) is 6.62. The van der Waals surface area contributed by atoms with Gasteiger partial charge in [-0.2, -0.15) is 5.26 Å². The van der Waals surface area contributed by atoms with Crippen LogP contribution in [-0.4, -0.2) is 36.6 Å². The Morgan fingerprint density at radius 2 is 2.38 bits per heavy atom. The molecule has 1 aliphatic heterocycles. The minimum Gasteiger partial charge on any atom is -0.313 e. The minimum atomic E-state index is 0.402. The highest BCUT2D eigenvalue weighted by molar-refractivity contribution is 4.84. The number of nitrogens with one attached hydrogen (secondary N) is 1. The molecule has 3 nitrogen and oxygen atoms in total. The van der Waals surface area contributed by atoms with Gasteiger partial charge >= 0.3 is 0 Å². The largest absolute Gasteiger partial charge is 0.313 e. The number of hydrogen-bond acceptors (Lipinski definition) is 3. The first-order valence-electron chi connectivity index (χ1n) is 6.62. The zero-order valence-electron chi connectivity index (χ0n) is 10.7. The van der Waals surface area contributed by atoms with Crippen molar-refractivity contribution in [2.45, 2.75) is 58.0 Å². The molecule has 0 aromatic heterocycles. The van der Waals surface area contributed by atoms with Crippen LogP contribution in [0.5, 0.6) is 0 Å². The van der Waals surface area contributed by atoms with Gasteiger partial charge in [0.15, 0.2) is 0 Å². The molecule has 0 spiro atoms. The monoisotopic (exact) mass is 223 g/mol. The van der Waals surface area contributed by atoms with Gasteiger partial charge in [-0.1, -0.05) is 13.3 Å². The summed E-state index contributed by atoms with van der Waals surface area (Å²) in [6.07, 6.45) is 5.72. The van der Waals surface area contributed by atoms with Gasteiger partial charge in [-0.15, -0.1) is 0 Å². The van der Waals surface area contributed by atoms with E-state index in [9.17, 15) is 0 Å². The summed E-state index contributed by atoms with van der Waals surface area (Å²) in [6, 6.07) is 3.34. The molecule has 0 radical (unpaired) electrons. The molecule has 3 heteroatoms. The summed E-state index contributed by atoms with van der Waals surface area (Å²) in [5.41, 5.74) is 0. The molecule has 0 aliphatic carbocycles. The molecule has 2 atom stereocenters. The van der Waals surface area contributed by atoms with E-state index in [4.69, 9.17) is 5.26 Å². The van der Waals surface area contributed by atoms with Gasteiger partial charge in [0.25, 0.3) is 0 Å². The fraction of sp³-hybridized carbons (Fsp3) is 0.923. The second kappa shape index (κ2) is 7.65. The second-order valence-electron chi connectivity index (χ2n) is 4.85. The Balaban J connectivity index is 2.38. The molecule has 1 saturated heterocycles. The molecule has 92 valence electrons. The van der Waals surface area contributed by atoms with Crippen LogP contribution in [0.2, 0.25) is 0 Å². The van der Waals surface area contributed by atoms with Crippen molar-refractivity contribution in [1.29, 1.82) is 5.26 Å². The highest BCUT2D eigenvalue weighted by atomic mass is 15.2. The van der Waals surface area contributed by atoms with Crippen molar-refractivity contribution in [1.82, 2.24) is 10.2 Å². The van der Waals surface area contributed by atoms with E-state index in [1.54, 1.807) is 0 Å². The Hall–Kier alpha value is -0.590. The van der Waals surface area contributed by atoms with Crippen molar-refractivity contribution in [2.24, 2.45) is 0 Å². The van der Waals surface area contributed by atoms with Crippen LogP contribution in [0.25, 0.3) is 0 Å². The molecule has 1 aliphatic rings. The van der Waals surface area contributed by atoms with E-state index < -0.39 is 0 Å². The summed E-state index contributed by atoms with van der Waals surface area (Å²) in [6.45, 7) is 7.81. The summed E-state index contributed by atoms with van der Waals surface area (Å²) in [4.78, 5) is 2.48. The van der Waals surface area contributed by atoms with Crippen molar-refractivity contribution in [3.63, 3.8) is 0 Å². The van der Waals surface area contributed by atoms with Gasteiger partial charge in [-0.05, 0) is 39.3 Å². The Morgan fingerprint density at radius 1 is 1.56 bits per heavy atom. The number of nitrogens with zero attached hydrogens (tertiary/aromatic N) is 2. The smallest absolute Gasteiger partial charge is 0.0638 e. The van der Waals surface area contributed by atoms with Gasteiger partial charge in [0, 0.05) is 18.6 Å². The third-order valence-electron chi connectivity index (χ3n) is 3.43. The van der Waals surface area contributed by atoms with Gasteiger partial charge in [-0.25, -0.2) is 0 Å². The molecule has 0 amide bonds. The lowest BCUT2D eigenvalue weighted by molar-refractivity contribution is 0.190. The third kappa shape index (κ3) is 4.51. The molecule has 1 N–H and O–H groups in total. The topological polar surface area (TPSA) is 39.1 Å². The lowest BCUT2D eigenvalue weighted by atomic mass is 10.1. The Morgan fingerprint density at radius 3 is 2.94 bits per heavy atom. The Labute approximate surface area is 99.8 Å². The number of rotatable bonds is 7. The molecular weight excluding hydrogens is 198 g/mol. The van der Waals surface area contributed by atoms with Gasteiger partial charge < -0.3 is 5.32 Å². The molecule has 0 saturated carbocycles. The first kappa shape index (κ1) is 13.5. The van der Waals surface area contributed by atoms with Crippen molar-refractivity contribution < 1.29 is 0 Å². The first-order chi connectivity index (χ1) is 7.77. The van der Waals surface area contributed by atoms with Crippen LogP contribution in [0, 0.1) is 11.3 Å². The van der Waals surface area contributed by atoms with E-state index in [0.717, 1.165) is 13.1 Å². The van der Waals surface area contributed by atoms with Gasteiger partial charge in [0.1, 0.15) is 0 Å². The Bertz CT molecular complexity index is 216. The average Bonchev–Trinajstić information content (AvgIpc) is 2.77. The number of nitriles is 1. The van der Waals surface area contributed by atoms with E-state index in [1.165, 1.54) is 32.2 Å². The standard InChI is InChI=1S/C13H25N3/c1-3-4-10-16(12(2)7-8-14)11-13-6-5-9-15-13/h12-13,15H,3-7,9-11H2,1-2H3. The highest BCUT2D eigenvalue weighted by Crippen LogP contribution is 2.11.